The molecule has 0 radical (unpaired) electrons. The zero-order chi connectivity index (χ0) is 15.4. The number of para-hydroxylation sites is 1. The van der Waals surface area contributed by atoms with Crippen LogP contribution in [0.5, 0.6) is 0 Å². The third kappa shape index (κ3) is 4.04. The first-order chi connectivity index (χ1) is 9.97. The van der Waals surface area contributed by atoms with Crippen molar-refractivity contribution >= 4 is 16.9 Å². The summed E-state index contributed by atoms with van der Waals surface area (Å²) < 4.78 is 0. The van der Waals surface area contributed by atoms with Crippen molar-refractivity contribution in [3.63, 3.8) is 0 Å². The van der Waals surface area contributed by atoms with Crippen molar-refractivity contribution in [1.29, 1.82) is 0 Å². The first kappa shape index (κ1) is 15.5. The number of aromatic amines is 1. The average Bonchev–Trinajstić information content (AvgIpc) is 2.87. The standard InChI is InChI=1S/C16H23N3O2/c1-10(2)13(20)9-17-15(21)8-7-14-18-12-6-4-5-11(3)16(12)19-14/h4-6,10,13,20H,7-9H2,1-3H3,(H,17,21)(H,18,19). The second kappa shape index (κ2) is 6.72. The Balaban J connectivity index is 1.87. The van der Waals surface area contributed by atoms with Crippen LogP contribution in [0.4, 0.5) is 0 Å². The molecule has 0 aliphatic rings. The lowest BCUT2D eigenvalue weighted by Gasteiger charge is -2.14. The summed E-state index contributed by atoms with van der Waals surface area (Å²) in [7, 11) is 0. The Hall–Kier alpha value is -1.88. The molecule has 0 bridgehead atoms. The van der Waals surface area contributed by atoms with Gasteiger partial charge < -0.3 is 15.4 Å². The summed E-state index contributed by atoms with van der Waals surface area (Å²) in [6.07, 6.45) is 0.435. The number of imidazole rings is 1. The van der Waals surface area contributed by atoms with Gasteiger partial charge in [0, 0.05) is 19.4 Å². The van der Waals surface area contributed by atoms with Crippen molar-refractivity contribution in [3.8, 4) is 0 Å². The monoisotopic (exact) mass is 289 g/mol. The van der Waals surface area contributed by atoms with Gasteiger partial charge in [-0.25, -0.2) is 4.98 Å². The molecule has 1 amide bonds. The van der Waals surface area contributed by atoms with E-state index in [1.54, 1.807) is 0 Å². The molecule has 0 fully saturated rings. The van der Waals surface area contributed by atoms with Crippen LogP contribution in [0.1, 0.15) is 31.7 Å². The van der Waals surface area contributed by atoms with Gasteiger partial charge in [0.2, 0.25) is 5.91 Å². The predicted molar refractivity (Wildman–Crippen MR) is 83.0 cm³/mol. The van der Waals surface area contributed by atoms with E-state index in [-0.39, 0.29) is 11.8 Å². The SMILES string of the molecule is Cc1cccc2[nH]c(CCC(=O)NCC(O)C(C)C)nc12. The Labute approximate surface area is 124 Å². The van der Waals surface area contributed by atoms with Gasteiger partial charge in [-0.2, -0.15) is 0 Å². The normalized spacial score (nSPS) is 12.8. The minimum atomic E-state index is -0.497. The summed E-state index contributed by atoms with van der Waals surface area (Å²) in [6, 6.07) is 5.99. The molecule has 2 rings (SSSR count). The van der Waals surface area contributed by atoms with Crippen LogP contribution in [-0.2, 0) is 11.2 Å². The minimum absolute atomic E-state index is 0.0631. The van der Waals surface area contributed by atoms with E-state index in [2.05, 4.69) is 15.3 Å². The van der Waals surface area contributed by atoms with Crippen LogP contribution in [0.2, 0.25) is 0 Å². The number of carbonyl (C=O) groups excluding carboxylic acids is 1. The number of nitrogens with zero attached hydrogens (tertiary/aromatic N) is 1. The van der Waals surface area contributed by atoms with E-state index in [1.165, 1.54) is 0 Å². The molecule has 2 aromatic rings. The zero-order valence-electron chi connectivity index (χ0n) is 12.8. The number of benzene rings is 1. The highest BCUT2D eigenvalue weighted by atomic mass is 16.3. The molecular formula is C16H23N3O2. The number of fused-ring (bicyclic) bond motifs is 1. The molecule has 0 aliphatic heterocycles. The number of aryl methyl sites for hydroxylation is 2. The van der Waals surface area contributed by atoms with Crippen molar-refractivity contribution < 1.29 is 9.90 Å². The molecule has 1 atom stereocenters. The Morgan fingerprint density at radius 3 is 2.86 bits per heavy atom. The first-order valence-corrected chi connectivity index (χ1v) is 7.36. The van der Waals surface area contributed by atoms with Gasteiger partial charge in [-0.05, 0) is 24.5 Å². The van der Waals surface area contributed by atoms with Crippen molar-refractivity contribution in [2.75, 3.05) is 6.54 Å². The number of hydrogen-bond acceptors (Lipinski definition) is 3. The molecule has 0 spiro atoms. The summed E-state index contributed by atoms with van der Waals surface area (Å²) in [5, 5.41) is 12.4. The summed E-state index contributed by atoms with van der Waals surface area (Å²) in [6.45, 7) is 6.17. The number of aromatic nitrogens is 2. The largest absolute Gasteiger partial charge is 0.391 e. The van der Waals surface area contributed by atoms with E-state index in [1.807, 2.05) is 39.0 Å². The maximum Gasteiger partial charge on any atom is 0.220 e. The molecule has 21 heavy (non-hydrogen) atoms. The van der Waals surface area contributed by atoms with Gasteiger partial charge in [0.1, 0.15) is 5.82 Å². The number of nitrogens with one attached hydrogen (secondary N) is 2. The minimum Gasteiger partial charge on any atom is -0.391 e. The smallest absolute Gasteiger partial charge is 0.220 e. The number of H-pyrrole nitrogens is 1. The number of aliphatic hydroxyl groups excluding tert-OH is 1. The Morgan fingerprint density at radius 2 is 2.19 bits per heavy atom. The molecule has 5 heteroatoms. The van der Waals surface area contributed by atoms with Gasteiger partial charge in [-0.1, -0.05) is 26.0 Å². The van der Waals surface area contributed by atoms with Crippen LogP contribution < -0.4 is 5.32 Å². The summed E-state index contributed by atoms with van der Waals surface area (Å²) in [5.74, 6) is 0.898. The zero-order valence-corrected chi connectivity index (χ0v) is 12.8. The lowest BCUT2D eigenvalue weighted by Crippen LogP contribution is -2.34. The van der Waals surface area contributed by atoms with Crippen LogP contribution in [0.25, 0.3) is 11.0 Å². The van der Waals surface area contributed by atoms with E-state index in [4.69, 9.17) is 0 Å². The molecule has 5 nitrogen and oxygen atoms in total. The van der Waals surface area contributed by atoms with E-state index in [0.717, 1.165) is 22.4 Å². The third-order valence-electron chi connectivity index (χ3n) is 3.63. The number of aliphatic hydroxyl groups is 1. The lowest BCUT2D eigenvalue weighted by molar-refractivity contribution is -0.121. The third-order valence-corrected chi connectivity index (χ3v) is 3.63. The number of carbonyl (C=O) groups is 1. The fourth-order valence-corrected chi connectivity index (χ4v) is 2.12. The number of amides is 1. The Bertz CT molecular complexity index is 619. The maximum atomic E-state index is 11.8. The highest BCUT2D eigenvalue weighted by Gasteiger charge is 2.11. The van der Waals surface area contributed by atoms with Crippen molar-refractivity contribution in [2.45, 2.75) is 39.7 Å². The van der Waals surface area contributed by atoms with E-state index in [0.29, 0.717) is 19.4 Å². The first-order valence-electron chi connectivity index (χ1n) is 7.36. The summed E-state index contributed by atoms with van der Waals surface area (Å²) >= 11 is 0. The summed E-state index contributed by atoms with van der Waals surface area (Å²) in [5.41, 5.74) is 3.09. The Morgan fingerprint density at radius 1 is 1.43 bits per heavy atom. The lowest BCUT2D eigenvalue weighted by atomic mass is 10.1. The topological polar surface area (TPSA) is 78.0 Å². The van der Waals surface area contributed by atoms with Gasteiger partial charge in [0.05, 0.1) is 17.1 Å². The highest BCUT2D eigenvalue weighted by molar-refractivity contribution is 5.79. The molecule has 1 aromatic carbocycles. The molecule has 114 valence electrons. The van der Waals surface area contributed by atoms with Crippen molar-refractivity contribution in [3.05, 3.63) is 29.6 Å². The molecule has 3 N–H and O–H groups in total. The second-order valence-electron chi connectivity index (χ2n) is 5.77. The quantitative estimate of drug-likeness (QED) is 0.760. The van der Waals surface area contributed by atoms with Crippen molar-refractivity contribution in [2.24, 2.45) is 5.92 Å². The fraction of sp³-hybridized carbons (Fsp3) is 0.500. The molecular weight excluding hydrogens is 266 g/mol. The van der Waals surface area contributed by atoms with E-state index < -0.39 is 6.10 Å². The average molecular weight is 289 g/mol. The molecule has 0 aliphatic carbocycles. The molecule has 0 saturated carbocycles. The van der Waals surface area contributed by atoms with E-state index in [9.17, 15) is 9.90 Å². The maximum absolute atomic E-state index is 11.8. The van der Waals surface area contributed by atoms with Gasteiger partial charge in [-0.15, -0.1) is 0 Å². The Kier molecular flexibility index (Phi) is 4.96. The second-order valence-corrected chi connectivity index (χ2v) is 5.77. The van der Waals surface area contributed by atoms with E-state index >= 15 is 0 Å². The van der Waals surface area contributed by atoms with Crippen LogP contribution in [0.3, 0.4) is 0 Å². The summed E-state index contributed by atoms with van der Waals surface area (Å²) in [4.78, 5) is 19.5. The highest BCUT2D eigenvalue weighted by Crippen LogP contribution is 2.16. The van der Waals surface area contributed by atoms with Crippen LogP contribution in [0.15, 0.2) is 18.2 Å². The van der Waals surface area contributed by atoms with Gasteiger partial charge >= 0.3 is 0 Å². The van der Waals surface area contributed by atoms with Gasteiger partial charge in [0.15, 0.2) is 0 Å². The molecule has 0 saturated heterocycles. The number of hydrogen-bond donors (Lipinski definition) is 3. The number of rotatable bonds is 6. The predicted octanol–water partition coefficient (Wildman–Crippen LogP) is 1.94. The van der Waals surface area contributed by atoms with Crippen molar-refractivity contribution in [1.82, 2.24) is 15.3 Å². The van der Waals surface area contributed by atoms with Crippen LogP contribution in [0, 0.1) is 12.8 Å². The fourth-order valence-electron chi connectivity index (χ4n) is 2.12. The van der Waals surface area contributed by atoms with Gasteiger partial charge in [-0.3, -0.25) is 4.79 Å². The molecule has 1 unspecified atom stereocenters. The molecule has 1 aromatic heterocycles. The van der Waals surface area contributed by atoms with Crippen LogP contribution in [-0.4, -0.2) is 33.6 Å². The molecule has 1 heterocycles. The van der Waals surface area contributed by atoms with Gasteiger partial charge in [0.25, 0.3) is 0 Å². The van der Waals surface area contributed by atoms with Crippen LogP contribution >= 0.6 is 0 Å².